The monoisotopic (exact) mass is 542 g/mol. The molecule has 0 saturated carbocycles. The Morgan fingerprint density at radius 1 is 1.10 bits per heavy atom. The third-order valence-corrected chi connectivity index (χ3v) is 7.29. The highest BCUT2D eigenvalue weighted by Gasteiger charge is 2.43. The molecule has 0 bridgehead atoms. The van der Waals surface area contributed by atoms with E-state index >= 15 is 0 Å². The van der Waals surface area contributed by atoms with Crippen molar-refractivity contribution in [3.05, 3.63) is 35.4 Å². The van der Waals surface area contributed by atoms with E-state index in [4.69, 9.17) is 4.74 Å². The Balaban J connectivity index is 1.71. The number of ether oxygens (including phenoxy) is 1. The van der Waals surface area contributed by atoms with Crippen LogP contribution in [-0.4, -0.2) is 76.7 Å². The van der Waals surface area contributed by atoms with Crippen LogP contribution in [0.5, 0.6) is 0 Å². The summed E-state index contributed by atoms with van der Waals surface area (Å²) < 4.78 is 5.34. The molecule has 2 unspecified atom stereocenters. The Morgan fingerprint density at radius 3 is 2.41 bits per heavy atom. The quantitative estimate of drug-likeness (QED) is 0.546. The van der Waals surface area contributed by atoms with Crippen molar-refractivity contribution >= 4 is 29.6 Å². The topological polar surface area (TPSA) is 125 Å². The molecule has 4 amide bonds. The third-order valence-electron chi connectivity index (χ3n) is 7.29. The first-order valence-corrected chi connectivity index (χ1v) is 13.7. The lowest BCUT2D eigenvalue weighted by Crippen LogP contribution is -2.58. The highest BCUT2D eigenvalue weighted by Crippen LogP contribution is 2.30. The lowest BCUT2D eigenvalue weighted by molar-refractivity contribution is -0.143. The maximum Gasteiger partial charge on any atom is 0.410 e. The summed E-state index contributed by atoms with van der Waals surface area (Å²) in [6.45, 7) is 10.1. The van der Waals surface area contributed by atoms with E-state index in [0.717, 1.165) is 24.8 Å². The summed E-state index contributed by atoms with van der Waals surface area (Å²) in [6.07, 6.45) is 1.94. The second kappa shape index (κ2) is 12.2. The summed E-state index contributed by atoms with van der Waals surface area (Å²) in [5, 5.41) is 5.80. The van der Waals surface area contributed by atoms with E-state index in [2.05, 4.69) is 16.7 Å². The number of nitrogens with one attached hydrogen (secondary N) is 2. The summed E-state index contributed by atoms with van der Waals surface area (Å²) in [6, 6.07) is 4.95. The number of carbonyl (C=O) groups is 5. The fourth-order valence-electron chi connectivity index (χ4n) is 4.96. The van der Waals surface area contributed by atoms with E-state index in [9.17, 15) is 24.0 Å². The molecule has 39 heavy (non-hydrogen) atoms. The van der Waals surface area contributed by atoms with Gasteiger partial charge in [-0.2, -0.15) is 0 Å². The van der Waals surface area contributed by atoms with E-state index in [1.807, 2.05) is 18.2 Å². The molecule has 0 spiro atoms. The van der Waals surface area contributed by atoms with Crippen molar-refractivity contribution in [1.29, 1.82) is 0 Å². The molecule has 2 aliphatic rings. The molecule has 1 heterocycles. The largest absolute Gasteiger partial charge is 0.444 e. The summed E-state index contributed by atoms with van der Waals surface area (Å²) in [7, 11) is 1.45. The number of rotatable bonds is 7. The zero-order valence-corrected chi connectivity index (χ0v) is 24.1. The fourth-order valence-corrected chi connectivity index (χ4v) is 4.96. The predicted molar refractivity (Wildman–Crippen MR) is 146 cm³/mol. The molecule has 1 fully saturated rings. The van der Waals surface area contributed by atoms with Gasteiger partial charge in [-0.05, 0) is 64.0 Å². The molecule has 0 radical (unpaired) electrons. The van der Waals surface area contributed by atoms with Gasteiger partial charge in [-0.25, -0.2) is 4.79 Å². The minimum Gasteiger partial charge on any atom is -0.444 e. The zero-order chi connectivity index (χ0) is 29.1. The predicted octanol–water partition coefficient (Wildman–Crippen LogP) is 2.75. The highest BCUT2D eigenvalue weighted by molar-refractivity contribution is 6.01. The SMILES string of the molecule is CC(C)C(NC(=O)[C@H](C)N(C)C(=O)OC(C)(C)C)C(=O)N1CC(=O)C[C@H]1C(=O)NC1CCCc2ccccc21. The van der Waals surface area contributed by atoms with Crippen LogP contribution in [-0.2, 0) is 30.3 Å². The van der Waals surface area contributed by atoms with E-state index in [0.29, 0.717) is 0 Å². The van der Waals surface area contributed by atoms with Crippen molar-refractivity contribution in [2.75, 3.05) is 13.6 Å². The molecule has 10 heteroatoms. The number of benzene rings is 1. The number of carbonyl (C=O) groups excluding carboxylic acids is 5. The molecule has 4 atom stereocenters. The van der Waals surface area contributed by atoms with E-state index in [1.165, 1.54) is 22.4 Å². The molecule has 1 aliphatic carbocycles. The van der Waals surface area contributed by atoms with Gasteiger partial charge in [0.2, 0.25) is 17.7 Å². The molecular weight excluding hydrogens is 500 g/mol. The molecular formula is C29H42N4O6. The van der Waals surface area contributed by atoms with E-state index in [1.54, 1.807) is 41.5 Å². The molecule has 1 aromatic carbocycles. The number of hydrogen-bond donors (Lipinski definition) is 2. The normalized spacial score (nSPS) is 20.6. The maximum absolute atomic E-state index is 13.7. The van der Waals surface area contributed by atoms with Crippen LogP contribution in [0.4, 0.5) is 4.79 Å². The number of likely N-dealkylation sites (N-methyl/N-ethyl adjacent to an activating group) is 1. The standard InChI is InChI=1S/C29H42N4O6/c1-17(2)24(31-25(35)18(3)32(7)28(38)39-29(4,5)6)27(37)33-16-20(34)15-23(33)26(36)30-22-14-10-12-19-11-8-9-13-21(19)22/h8-9,11,13,17-18,22-24H,10,12,14-16H2,1-7H3,(H,30,36)(H,31,35)/t18-,22?,23-,24?/m0/s1. The zero-order valence-electron chi connectivity index (χ0n) is 24.1. The minimum absolute atomic E-state index is 0.0670. The minimum atomic E-state index is -0.983. The molecule has 0 aromatic heterocycles. The lowest BCUT2D eigenvalue weighted by Gasteiger charge is -2.33. The molecule has 2 N–H and O–H groups in total. The van der Waals surface area contributed by atoms with Gasteiger partial charge >= 0.3 is 6.09 Å². The maximum atomic E-state index is 13.7. The van der Waals surface area contributed by atoms with Gasteiger partial charge in [-0.1, -0.05) is 38.1 Å². The second-order valence-electron chi connectivity index (χ2n) is 11.9. The number of amides is 4. The van der Waals surface area contributed by atoms with Crippen LogP contribution in [0.2, 0.25) is 0 Å². The van der Waals surface area contributed by atoms with Gasteiger partial charge in [-0.15, -0.1) is 0 Å². The third kappa shape index (κ3) is 7.36. The smallest absolute Gasteiger partial charge is 0.410 e. The van der Waals surface area contributed by atoms with Crippen molar-refractivity contribution < 1.29 is 28.7 Å². The molecule has 1 aromatic rings. The van der Waals surface area contributed by atoms with Gasteiger partial charge in [0, 0.05) is 13.5 Å². The number of likely N-dealkylation sites (tertiary alicyclic amines) is 1. The number of aryl methyl sites for hydroxylation is 1. The van der Waals surface area contributed by atoms with Crippen LogP contribution < -0.4 is 10.6 Å². The van der Waals surface area contributed by atoms with Crippen LogP contribution in [0, 0.1) is 5.92 Å². The van der Waals surface area contributed by atoms with Gasteiger partial charge < -0.3 is 20.3 Å². The number of ketones is 1. The summed E-state index contributed by atoms with van der Waals surface area (Å²) in [4.78, 5) is 67.4. The number of hydrogen-bond acceptors (Lipinski definition) is 6. The summed E-state index contributed by atoms with van der Waals surface area (Å²) >= 11 is 0. The molecule has 3 rings (SSSR count). The molecule has 10 nitrogen and oxygen atoms in total. The van der Waals surface area contributed by atoms with Gasteiger partial charge in [0.15, 0.2) is 5.78 Å². The Bertz CT molecular complexity index is 1110. The van der Waals surface area contributed by atoms with Gasteiger partial charge in [0.1, 0.15) is 23.7 Å². The summed E-state index contributed by atoms with van der Waals surface area (Å²) in [5.74, 6) is -1.95. The summed E-state index contributed by atoms with van der Waals surface area (Å²) in [5.41, 5.74) is 1.53. The average molecular weight is 543 g/mol. The molecule has 214 valence electrons. The fraction of sp³-hybridized carbons (Fsp3) is 0.621. The van der Waals surface area contributed by atoms with Crippen molar-refractivity contribution in [3.8, 4) is 0 Å². The number of Topliss-reactive ketones (excluding diaryl/α,β-unsaturated/α-hetero) is 1. The van der Waals surface area contributed by atoms with Crippen LogP contribution in [0.15, 0.2) is 24.3 Å². The first kappa shape index (κ1) is 30.1. The van der Waals surface area contributed by atoms with Crippen LogP contribution in [0.3, 0.4) is 0 Å². The Morgan fingerprint density at radius 2 is 1.77 bits per heavy atom. The molecule has 1 aliphatic heterocycles. The number of fused-ring (bicyclic) bond motifs is 1. The van der Waals surface area contributed by atoms with Crippen LogP contribution >= 0.6 is 0 Å². The Hall–Kier alpha value is -3.43. The van der Waals surface area contributed by atoms with E-state index in [-0.39, 0.29) is 36.6 Å². The lowest BCUT2D eigenvalue weighted by atomic mass is 9.87. The van der Waals surface area contributed by atoms with Crippen molar-refractivity contribution in [2.24, 2.45) is 5.92 Å². The first-order valence-electron chi connectivity index (χ1n) is 13.7. The van der Waals surface area contributed by atoms with Gasteiger partial charge in [0.25, 0.3) is 0 Å². The van der Waals surface area contributed by atoms with Crippen molar-refractivity contribution in [3.63, 3.8) is 0 Å². The highest BCUT2D eigenvalue weighted by atomic mass is 16.6. The van der Waals surface area contributed by atoms with E-state index < -0.39 is 41.6 Å². The second-order valence-corrected chi connectivity index (χ2v) is 11.9. The first-order chi connectivity index (χ1) is 18.2. The van der Waals surface area contributed by atoms with Crippen molar-refractivity contribution in [2.45, 2.75) is 97.0 Å². The molecule has 1 saturated heterocycles. The Labute approximate surface area is 230 Å². The number of nitrogens with zero attached hydrogens (tertiary/aromatic N) is 2. The average Bonchev–Trinajstić information content (AvgIpc) is 3.26. The van der Waals surface area contributed by atoms with Crippen molar-refractivity contribution in [1.82, 2.24) is 20.4 Å². The van der Waals surface area contributed by atoms with Crippen LogP contribution in [0.1, 0.15) is 78.0 Å². The van der Waals surface area contributed by atoms with Gasteiger partial charge in [0.05, 0.1) is 12.6 Å². The Kier molecular flexibility index (Phi) is 9.40. The van der Waals surface area contributed by atoms with Crippen LogP contribution in [0.25, 0.3) is 0 Å². The van der Waals surface area contributed by atoms with Gasteiger partial charge in [-0.3, -0.25) is 24.1 Å².